The highest BCUT2D eigenvalue weighted by molar-refractivity contribution is 7.42. The van der Waals surface area contributed by atoms with E-state index in [0.29, 0.717) is 0 Å². The average Bonchev–Trinajstić information content (AvgIpc) is 1.54. The molecule has 2 unspecified atom stereocenters. The fourth-order valence-corrected chi connectivity index (χ4v) is 0. The molecule has 0 spiro atoms. The Morgan fingerprint density at radius 3 is 0.500 bits per heavy atom. The van der Waals surface area contributed by atoms with Gasteiger partial charge in [0.1, 0.15) is 0 Å². The highest BCUT2D eigenvalue weighted by Crippen LogP contribution is 2.05. The quantitative estimate of drug-likeness (QED) is 0.218. The Labute approximate surface area is 91.9 Å². The second-order valence-corrected chi connectivity index (χ2v) is 2.88. The Morgan fingerprint density at radius 2 is 0.500 bits per heavy atom. The van der Waals surface area contributed by atoms with Gasteiger partial charge in [-0.05, 0) is 0 Å². The lowest BCUT2D eigenvalue weighted by molar-refractivity contribution is 0.483. The summed E-state index contributed by atoms with van der Waals surface area (Å²) in [5, 5.41) is 0. The molecule has 14 heteroatoms. The maximum atomic E-state index is 7.45. The molecule has 0 saturated carbocycles. The van der Waals surface area contributed by atoms with Crippen molar-refractivity contribution in [1.82, 2.24) is 0 Å². The van der Waals surface area contributed by atoms with Gasteiger partial charge in [-0.3, -0.25) is 16.5 Å². The van der Waals surface area contributed by atoms with E-state index in [4.69, 9.17) is 29.4 Å². The highest BCUT2D eigenvalue weighted by atomic mass is 31.2. The number of rotatable bonds is 0. The minimum absolute atomic E-state index is 0. The van der Waals surface area contributed by atoms with Gasteiger partial charge in [0.25, 0.3) is 0 Å². The standard InChI is InChI=1S/3H4NO2P.2H3P/c3*1-4(2)3;;/h3*2-3H,1H2;2*1H3. The summed E-state index contributed by atoms with van der Waals surface area (Å²) in [4.78, 5) is 44.7. The fraction of sp³-hybridized carbons (Fsp3) is 0. The maximum Gasteiger partial charge on any atom is 0.247 e. The normalized spacial score (nSPS) is 7.71. The summed E-state index contributed by atoms with van der Waals surface area (Å²) in [6, 6.07) is 0. The van der Waals surface area contributed by atoms with Crippen LogP contribution in [0.3, 0.4) is 0 Å². The van der Waals surface area contributed by atoms with E-state index in [9.17, 15) is 0 Å². The van der Waals surface area contributed by atoms with Gasteiger partial charge < -0.3 is 29.4 Å². The van der Waals surface area contributed by atoms with Crippen molar-refractivity contribution in [3.63, 3.8) is 0 Å². The van der Waals surface area contributed by atoms with Crippen molar-refractivity contribution in [1.29, 1.82) is 0 Å². The van der Waals surface area contributed by atoms with Crippen LogP contribution >= 0.6 is 45.4 Å². The van der Waals surface area contributed by atoms with E-state index in [2.05, 4.69) is 16.5 Å². The molecule has 0 aromatic rings. The van der Waals surface area contributed by atoms with Crippen molar-refractivity contribution >= 4 is 45.4 Å². The third-order valence-corrected chi connectivity index (χ3v) is 0. The van der Waals surface area contributed by atoms with Crippen molar-refractivity contribution in [3.05, 3.63) is 0 Å². The van der Waals surface area contributed by atoms with E-state index in [1.807, 2.05) is 0 Å². The summed E-state index contributed by atoms with van der Waals surface area (Å²) in [5.41, 5.74) is 12.9. The summed E-state index contributed by atoms with van der Waals surface area (Å²) >= 11 is 0. The van der Waals surface area contributed by atoms with Gasteiger partial charge in [0.05, 0.1) is 0 Å². The Kier molecular flexibility index (Phi) is 51.2. The molecule has 0 bridgehead atoms. The largest absolute Gasteiger partial charge is 0.338 e. The van der Waals surface area contributed by atoms with Crippen LogP contribution < -0.4 is 16.5 Å². The van der Waals surface area contributed by atoms with E-state index < -0.39 is 25.6 Å². The van der Waals surface area contributed by atoms with Gasteiger partial charge in [0, 0.05) is 0 Å². The summed E-state index contributed by atoms with van der Waals surface area (Å²) < 4.78 is 0. The van der Waals surface area contributed by atoms with Crippen molar-refractivity contribution in [2.75, 3.05) is 0 Å². The van der Waals surface area contributed by atoms with Gasteiger partial charge in [-0.25, -0.2) is 0 Å². The third-order valence-electron chi connectivity index (χ3n) is 0. The van der Waals surface area contributed by atoms with Crippen molar-refractivity contribution in [3.8, 4) is 0 Å². The molecule has 14 heavy (non-hydrogen) atoms. The van der Waals surface area contributed by atoms with Gasteiger partial charge in [-0.2, -0.15) is 19.8 Å². The Balaban J connectivity index is -0.0000000270. The van der Waals surface area contributed by atoms with E-state index in [1.54, 1.807) is 0 Å². The molecule has 94 valence electrons. The van der Waals surface area contributed by atoms with Crippen LogP contribution in [0.5, 0.6) is 0 Å². The zero-order valence-electron chi connectivity index (χ0n) is 7.17. The number of hydrogen-bond donors (Lipinski definition) is 9. The number of hydrogen-bond acceptors (Lipinski definition) is 9. The smallest absolute Gasteiger partial charge is 0.247 e. The van der Waals surface area contributed by atoms with Crippen molar-refractivity contribution in [2.24, 2.45) is 16.5 Å². The van der Waals surface area contributed by atoms with Gasteiger partial charge >= 0.3 is 0 Å². The van der Waals surface area contributed by atoms with Crippen LogP contribution in [0.1, 0.15) is 0 Å². The molecule has 0 saturated heterocycles. The molecule has 9 nitrogen and oxygen atoms in total. The predicted molar refractivity (Wildman–Crippen MR) is 68.8 cm³/mol. The summed E-state index contributed by atoms with van der Waals surface area (Å²) in [6.45, 7) is 0. The zero-order valence-corrected chi connectivity index (χ0v) is 12.7. The molecule has 2 atom stereocenters. The van der Waals surface area contributed by atoms with Crippen LogP contribution in [0, 0.1) is 0 Å². The first kappa shape index (κ1) is 29.7. The van der Waals surface area contributed by atoms with E-state index in [-0.39, 0.29) is 19.8 Å². The molecular formula is H18N3O6P5. The second kappa shape index (κ2) is 24.2. The van der Waals surface area contributed by atoms with Crippen LogP contribution in [-0.2, 0) is 0 Å². The van der Waals surface area contributed by atoms with Gasteiger partial charge in [-0.15, -0.1) is 0 Å². The molecule has 0 radical (unpaired) electrons. The first-order valence-corrected chi connectivity index (χ1v) is 5.92. The molecule has 0 aromatic carbocycles. The van der Waals surface area contributed by atoms with E-state index in [1.165, 1.54) is 0 Å². The lowest BCUT2D eigenvalue weighted by atomic mass is 13.9. The summed E-state index contributed by atoms with van der Waals surface area (Å²) in [6.07, 6.45) is 0. The Hall–Kier alpha value is 1.79. The molecule has 0 rings (SSSR count). The molecule has 0 heterocycles. The van der Waals surface area contributed by atoms with Crippen LogP contribution in [0.25, 0.3) is 0 Å². The lowest BCUT2D eigenvalue weighted by Crippen LogP contribution is -1.78. The zero-order chi connectivity index (χ0) is 10.7. The average molecular weight is 311 g/mol. The minimum Gasteiger partial charge on any atom is -0.338 e. The Bertz CT molecular complexity index is 50.0. The summed E-state index contributed by atoms with van der Waals surface area (Å²) in [7, 11) is -6.36. The SMILES string of the molecule is NP(O)O.NP(O)O.NP(O)O.P.P. The highest BCUT2D eigenvalue weighted by Gasteiger charge is 1.73. The molecule has 0 aliphatic rings. The minimum atomic E-state index is -2.12. The molecular weight excluding hydrogens is 293 g/mol. The molecule has 0 aromatic heterocycles. The van der Waals surface area contributed by atoms with Crippen LogP contribution in [0.2, 0.25) is 0 Å². The topological polar surface area (TPSA) is 199 Å². The lowest BCUT2D eigenvalue weighted by Gasteiger charge is -1.79. The van der Waals surface area contributed by atoms with Gasteiger partial charge in [0.15, 0.2) is 0 Å². The molecule has 0 fully saturated rings. The van der Waals surface area contributed by atoms with Crippen molar-refractivity contribution < 1.29 is 29.4 Å². The molecule has 12 N–H and O–H groups in total. The molecule has 0 aliphatic carbocycles. The monoisotopic (exact) mass is 311 g/mol. The van der Waals surface area contributed by atoms with E-state index >= 15 is 0 Å². The molecule has 0 aliphatic heterocycles. The molecule has 0 amide bonds. The van der Waals surface area contributed by atoms with E-state index in [0.717, 1.165) is 0 Å². The predicted octanol–water partition coefficient (Wildman–Crippen LogP) is -2.41. The first-order valence-electron chi connectivity index (χ1n) is 1.97. The van der Waals surface area contributed by atoms with Gasteiger partial charge in [0.2, 0.25) is 25.6 Å². The first-order chi connectivity index (χ1) is 5.20. The van der Waals surface area contributed by atoms with Gasteiger partial charge in [-0.1, -0.05) is 0 Å². The van der Waals surface area contributed by atoms with Crippen LogP contribution in [0.4, 0.5) is 0 Å². The third kappa shape index (κ3) is 704. The maximum absolute atomic E-state index is 7.45. The van der Waals surface area contributed by atoms with Crippen LogP contribution in [-0.4, -0.2) is 29.4 Å². The number of nitrogens with two attached hydrogens (primary N) is 3. The van der Waals surface area contributed by atoms with Crippen LogP contribution in [0.15, 0.2) is 0 Å². The Morgan fingerprint density at radius 1 is 0.500 bits per heavy atom. The second-order valence-electron chi connectivity index (χ2n) is 0.961. The fourth-order valence-electron chi connectivity index (χ4n) is 0. The van der Waals surface area contributed by atoms with Crippen molar-refractivity contribution in [2.45, 2.75) is 0 Å². The summed E-state index contributed by atoms with van der Waals surface area (Å²) in [5.74, 6) is 0.